The number of aryl methyl sites for hydroxylation is 1. The van der Waals surface area contributed by atoms with Gasteiger partial charge in [-0.15, -0.1) is 0 Å². The molecule has 5 heteroatoms. The standard InChI is InChI=1S/C16H21N.C2H2O4/c1-12-2-4-13(5-3-12)10-17-11-16-9-14-6-7-15(16)8-14;3-1(4)2(5)6/h2-7,14-17H,8-11H2,1H3;(H,3,4)(H,5,6). The van der Waals surface area contributed by atoms with Crippen molar-refractivity contribution >= 4 is 11.9 Å². The number of carboxylic acids is 2. The van der Waals surface area contributed by atoms with Gasteiger partial charge in [-0.25, -0.2) is 9.59 Å². The topological polar surface area (TPSA) is 86.6 Å². The summed E-state index contributed by atoms with van der Waals surface area (Å²) in [5.41, 5.74) is 2.74. The van der Waals surface area contributed by atoms with Crippen molar-refractivity contribution in [3.8, 4) is 0 Å². The average Bonchev–Trinajstić information content (AvgIpc) is 3.12. The maximum Gasteiger partial charge on any atom is 0.414 e. The summed E-state index contributed by atoms with van der Waals surface area (Å²) in [7, 11) is 0. The zero-order chi connectivity index (χ0) is 16.8. The van der Waals surface area contributed by atoms with Crippen molar-refractivity contribution in [2.24, 2.45) is 17.8 Å². The van der Waals surface area contributed by atoms with Gasteiger partial charge in [0.25, 0.3) is 0 Å². The molecule has 3 unspecified atom stereocenters. The number of hydrogen-bond acceptors (Lipinski definition) is 3. The number of benzene rings is 1. The van der Waals surface area contributed by atoms with Crippen LogP contribution in [0.1, 0.15) is 24.0 Å². The molecule has 1 aromatic rings. The minimum absolute atomic E-state index is 0.866. The van der Waals surface area contributed by atoms with Crippen molar-refractivity contribution < 1.29 is 19.8 Å². The van der Waals surface area contributed by atoms with Crippen molar-refractivity contribution in [3.05, 3.63) is 47.5 Å². The molecule has 3 atom stereocenters. The zero-order valence-electron chi connectivity index (χ0n) is 13.2. The molecule has 3 N–H and O–H groups in total. The molecule has 0 spiro atoms. The van der Waals surface area contributed by atoms with Gasteiger partial charge in [-0.3, -0.25) is 0 Å². The summed E-state index contributed by atoms with van der Waals surface area (Å²) in [4.78, 5) is 18.2. The van der Waals surface area contributed by atoms with Gasteiger partial charge in [0.15, 0.2) is 0 Å². The Morgan fingerprint density at radius 2 is 1.74 bits per heavy atom. The van der Waals surface area contributed by atoms with Crippen LogP contribution in [0.4, 0.5) is 0 Å². The van der Waals surface area contributed by atoms with Gasteiger partial charge in [-0.05, 0) is 49.6 Å². The SMILES string of the molecule is Cc1ccc(CNCC2CC3C=CC2C3)cc1.O=C(O)C(=O)O. The fourth-order valence-corrected chi connectivity index (χ4v) is 3.24. The van der Waals surface area contributed by atoms with Gasteiger partial charge < -0.3 is 15.5 Å². The lowest BCUT2D eigenvalue weighted by Gasteiger charge is -2.18. The Bertz CT molecular complexity index is 567. The van der Waals surface area contributed by atoms with E-state index >= 15 is 0 Å². The number of hydrogen-bond donors (Lipinski definition) is 3. The summed E-state index contributed by atoms with van der Waals surface area (Å²) < 4.78 is 0. The first-order chi connectivity index (χ1) is 11.0. The first-order valence-corrected chi connectivity index (χ1v) is 7.86. The Hall–Kier alpha value is -2.14. The summed E-state index contributed by atoms with van der Waals surface area (Å²) in [5, 5.41) is 18.4. The second-order valence-corrected chi connectivity index (χ2v) is 6.27. The Kier molecular flexibility index (Phi) is 5.93. The largest absolute Gasteiger partial charge is 0.473 e. The summed E-state index contributed by atoms with van der Waals surface area (Å²) in [6.07, 6.45) is 7.67. The van der Waals surface area contributed by atoms with Crippen molar-refractivity contribution in [3.63, 3.8) is 0 Å². The molecule has 124 valence electrons. The highest BCUT2D eigenvalue weighted by Crippen LogP contribution is 2.42. The highest BCUT2D eigenvalue weighted by Gasteiger charge is 2.34. The predicted molar refractivity (Wildman–Crippen MR) is 87.0 cm³/mol. The van der Waals surface area contributed by atoms with Crippen molar-refractivity contribution in [1.82, 2.24) is 5.32 Å². The number of nitrogens with one attached hydrogen (secondary N) is 1. The monoisotopic (exact) mass is 317 g/mol. The van der Waals surface area contributed by atoms with E-state index in [1.54, 1.807) is 0 Å². The zero-order valence-corrected chi connectivity index (χ0v) is 13.2. The number of fused-ring (bicyclic) bond motifs is 2. The molecular formula is C18H23NO4. The van der Waals surface area contributed by atoms with Crippen LogP contribution in [0.15, 0.2) is 36.4 Å². The van der Waals surface area contributed by atoms with Crippen LogP contribution in [0.5, 0.6) is 0 Å². The van der Waals surface area contributed by atoms with Crippen LogP contribution in [0, 0.1) is 24.7 Å². The number of carboxylic acid groups (broad SMARTS) is 2. The molecule has 2 aliphatic carbocycles. The van der Waals surface area contributed by atoms with Gasteiger partial charge in [-0.1, -0.05) is 42.0 Å². The lowest BCUT2D eigenvalue weighted by molar-refractivity contribution is -0.159. The lowest BCUT2D eigenvalue weighted by atomic mass is 9.93. The molecule has 0 heterocycles. The third-order valence-electron chi connectivity index (χ3n) is 4.46. The molecule has 2 aliphatic rings. The Labute approximate surface area is 136 Å². The molecule has 0 saturated heterocycles. The second kappa shape index (κ2) is 7.92. The lowest BCUT2D eigenvalue weighted by Crippen LogP contribution is -2.25. The van der Waals surface area contributed by atoms with Crippen LogP contribution in [-0.4, -0.2) is 28.7 Å². The first-order valence-electron chi connectivity index (χ1n) is 7.86. The molecular weight excluding hydrogens is 294 g/mol. The van der Waals surface area contributed by atoms with E-state index in [4.69, 9.17) is 19.8 Å². The third-order valence-corrected chi connectivity index (χ3v) is 4.46. The van der Waals surface area contributed by atoms with Crippen molar-refractivity contribution in [2.45, 2.75) is 26.3 Å². The summed E-state index contributed by atoms with van der Waals surface area (Å²) in [6, 6.07) is 8.83. The van der Waals surface area contributed by atoms with Crippen LogP contribution in [-0.2, 0) is 16.1 Å². The van der Waals surface area contributed by atoms with E-state index in [-0.39, 0.29) is 0 Å². The van der Waals surface area contributed by atoms with Gasteiger partial charge in [0.2, 0.25) is 0 Å². The average molecular weight is 317 g/mol. The molecule has 1 aromatic carbocycles. The highest BCUT2D eigenvalue weighted by atomic mass is 16.4. The van der Waals surface area contributed by atoms with E-state index in [0.29, 0.717) is 0 Å². The quantitative estimate of drug-likeness (QED) is 0.586. The van der Waals surface area contributed by atoms with Crippen LogP contribution in [0.3, 0.4) is 0 Å². The minimum Gasteiger partial charge on any atom is -0.473 e. The molecule has 2 bridgehead atoms. The smallest absolute Gasteiger partial charge is 0.414 e. The summed E-state index contributed by atoms with van der Waals surface area (Å²) >= 11 is 0. The molecule has 1 fully saturated rings. The van der Waals surface area contributed by atoms with E-state index in [0.717, 1.165) is 24.3 Å². The molecule has 0 radical (unpaired) electrons. The number of aliphatic carboxylic acids is 2. The van der Waals surface area contributed by atoms with Crippen LogP contribution < -0.4 is 5.32 Å². The normalized spacial score (nSPS) is 24.1. The number of rotatable bonds is 4. The third kappa shape index (κ3) is 5.21. The summed E-state index contributed by atoms with van der Waals surface area (Å²) in [6.45, 7) is 4.33. The van der Waals surface area contributed by atoms with E-state index < -0.39 is 11.9 Å². The Morgan fingerprint density at radius 1 is 1.09 bits per heavy atom. The van der Waals surface area contributed by atoms with Gasteiger partial charge in [-0.2, -0.15) is 0 Å². The molecule has 0 amide bonds. The number of allylic oxidation sites excluding steroid dienone is 2. The Morgan fingerprint density at radius 3 is 2.22 bits per heavy atom. The molecule has 0 aliphatic heterocycles. The Balaban J connectivity index is 0.000000277. The van der Waals surface area contributed by atoms with E-state index in [1.807, 2.05) is 0 Å². The van der Waals surface area contributed by atoms with E-state index in [2.05, 4.69) is 48.7 Å². The molecule has 3 rings (SSSR count). The summed E-state index contributed by atoms with van der Waals surface area (Å²) in [5.74, 6) is -1.00. The van der Waals surface area contributed by atoms with E-state index in [9.17, 15) is 0 Å². The molecule has 0 aromatic heterocycles. The highest BCUT2D eigenvalue weighted by molar-refractivity contribution is 6.27. The van der Waals surface area contributed by atoms with Gasteiger partial charge in [0, 0.05) is 6.54 Å². The number of carbonyl (C=O) groups is 2. The molecule has 1 saturated carbocycles. The van der Waals surface area contributed by atoms with Gasteiger partial charge in [0.05, 0.1) is 0 Å². The van der Waals surface area contributed by atoms with Crippen LogP contribution in [0.2, 0.25) is 0 Å². The molecule has 5 nitrogen and oxygen atoms in total. The fourth-order valence-electron chi connectivity index (χ4n) is 3.24. The van der Waals surface area contributed by atoms with Gasteiger partial charge in [0.1, 0.15) is 0 Å². The minimum atomic E-state index is -1.82. The first kappa shape index (κ1) is 17.2. The fraction of sp³-hybridized carbons (Fsp3) is 0.444. The predicted octanol–water partition coefficient (Wildman–Crippen LogP) is 2.45. The molecule has 23 heavy (non-hydrogen) atoms. The van der Waals surface area contributed by atoms with Gasteiger partial charge >= 0.3 is 11.9 Å². The maximum atomic E-state index is 9.10. The van der Waals surface area contributed by atoms with Crippen LogP contribution in [0.25, 0.3) is 0 Å². The van der Waals surface area contributed by atoms with Crippen molar-refractivity contribution in [2.75, 3.05) is 6.54 Å². The van der Waals surface area contributed by atoms with E-state index in [1.165, 1.54) is 30.5 Å². The second-order valence-electron chi connectivity index (χ2n) is 6.27. The van der Waals surface area contributed by atoms with Crippen LogP contribution >= 0.6 is 0 Å². The van der Waals surface area contributed by atoms with Crippen molar-refractivity contribution in [1.29, 1.82) is 0 Å². The maximum absolute atomic E-state index is 9.10.